The number of nitrogens with zero attached hydrogens (tertiary/aromatic N) is 1. The van der Waals surface area contributed by atoms with Crippen LogP contribution in [0.15, 0.2) is 18.2 Å². The van der Waals surface area contributed by atoms with Gasteiger partial charge in [-0.3, -0.25) is 4.79 Å². The number of rotatable bonds is 5. The number of benzene rings is 1. The third-order valence-corrected chi connectivity index (χ3v) is 2.42. The van der Waals surface area contributed by atoms with E-state index in [0.717, 1.165) is 0 Å². The van der Waals surface area contributed by atoms with Gasteiger partial charge in [0.05, 0.1) is 17.9 Å². The SMILES string of the molecule is CC(C)N(CCO)c1cccc(F)c1C=O. The molecular weight excluding hydrogens is 209 g/mol. The summed E-state index contributed by atoms with van der Waals surface area (Å²) in [6.45, 7) is 4.19. The summed E-state index contributed by atoms with van der Waals surface area (Å²) in [5.74, 6) is -0.531. The summed E-state index contributed by atoms with van der Waals surface area (Å²) in [7, 11) is 0. The molecule has 0 spiro atoms. The van der Waals surface area contributed by atoms with Gasteiger partial charge < -0.3 is 10.0 Å². The molecule has 1 rings (SSSR count). The lowest BCUT2D eigenvalue weighted by molar-refractivity contribution is 0.112. The van der Waals surface area contributed by atoms with E-state index in [1.807, 2.05) is 13.8 Å². The molecule has 0 saturated carbocycles. The van der Waals surface area contributed by atoms with Gasteiger partial charge in [-0.1, -0.05) is 6.07 Å². The minimum atomic E-state index is -0.531. The van der Waals surface area contributed by atoms with Crippen molar-refractivity contribution in [1.82, 2.24) is 0 Å². The molecule has 1 aromatic carbocycles. The van der Waals surface area contributed by atoms with Crippen molar-refractivity contribution in [2.45, 2.75) is 19.9 Å². The fourth-order valence-electron chi connectivity index (χ4n) is 1.66. The van der Waals surface area contributed by atoms with Crippen LogP contribution in [0.3, 0.4) is 0 Å². The average Bonchev–Trinajstić information content (AvgIpc) is 2.25. The molecule has 0 saturated heterocycles. The van der Waals surface area contributed by atoms with E-state index < -0.39 is 5.82 Å². The average molecular weight is 225 g/mol. The van der Waals surface area contributed by atoms with Crippen LogP contribution in [0.1, 0.15) is 24.2 Å². The van der Waals surface area contributed by atoms with Crippen LogP contribution in [0.4, 0.5) is 10.1 Å². The molecule has 0 bridgehead atoms. The van der Waals surface area contributed by atoms with E-state index in [0.29, 0.717) is 18.5 Å². The second-order valence-electron chi connectivity index (χ2n) is 3.80. The first kappa shape index (κ1) is 12.6. The van der Waals surface area contributed by atoms with Crippen molar-refractivity contribution in [2.75, 3.05) is 18.1 Å². The number of hydrogen-bond donors (Lipinski definition) is 1. The van der Waals surface area contributed by atoms with Crippen LogP contribution in [0.5, 0.6) is 0 Å². The lowest BCUT2D eigenvalue weighted by Gasteiger charge is -2.29. The molecule has 1 aromatic rings. The van der Waals surface area contributed by atoms with E-state index in [1.54, 1.807) is 17.0 Å². The fraction of sp³-hybridized carbons (Fsp3) is 0.417. The molecular formula is C12H16FNO2. The normalized spacial score (nSPS) is 10.6. The maximum Gasteiger partial charge on any atom is 0.155 e. The Balaban J connectivity index is 3.17. The van der Waals surface area contributed by atoms with Gasteiger partial charge in [0.1, 0.15) is 5.82 Å². The Bertz CT molecular complexity index is 366. The van der Waals surface area contributed by atoms with Crippen LogP contribution in [0.25, 0.3) is 0 Å². The lowest BCUT2D eigenvalue weighted by Crippen LogP contribution is -2.34. The van der Waals surface area contributed by atoms with Crippen LogP contribution in [0, 0.1) is 5.82 Å². The Kier molecular flexibility index (Phi) is 4.43. The van der Waals surface area contributed by atoms with Gasteiger partial charge in [-0.15, -0.1) is 0 Å². The van der Waals surface area contributed by atoms with Crippen LogP contribution < -0.4 is 4.90 Å². The van der Waals surface area contributed by atoms with Gasteiger partial charge >= 0.3 is 0 Å². The summed E-state index contributed by atoms with van der Waals surface area (Å²) in [4.78, 5) is 12.6. The van der Waals surface area contributed by atoms with E-state index in [2.05, 4.69) is 0 Å². The molecule has 0 aromatic heterocycles. The number of aliphatic hydroxyl groups excluding tert-OH is 1. The van der Waals surface area contributed by atoms with Gasteiger partial charge in [0.2, 0.25) is 0 Å². The first-order chi connectivity index (χ1) is 7.61. The third-order valence-electron chi connectivity index (χ3n) is 2.42. The Labute approximate surface area is 94.5 Å². The van der Waals surface area contributed by atoms with Crippen LogP contribution in [-0.4, -0.2) is 30.6 Å². The van der Waals surface area contributed by atoms with E-state index in [4.69, 9.17) is 5.11 Å². The highest BCUT2D eigenvalue weighted by molar-refractivity contribution is 5.85. The van der Waals surface area contributed by atoms with Gasteiger partial charge in [-0.05, 0) is 26.0 Å². The number of aldehydes is 1. The van der Waals surface area contributed by atoms with Gasteiger partial charge in [0.25, 0.3) is 0 Å². The molecule has 88 valence electrons. The van der Waals surface area contributed by atoms with E-state index in [-0.39, 0.29) is 18.2 Å². The molecule has 0 radical (unpaired) electrons. The maximum absolute atomic E-state index is 13.4. The molecule has 0 unspecified atom stereocenters. The Morgan fingerprint density at radius 2 is 2.19 bits per heavy atom. The second-order valence-corrected chi connectivity index (χ2v) is 3.80. The standard InChI is InChI=1S/C12H16FNO2/c1-9(2)14(6-7-15)12-5-3-4-11(13)10(12)8-16/h3-5,8-9,15H,6-7H2,1-2H3. The Morgan fingerprint density at radius 3 is 2.69 bits per heavy atom. The molecule has 16 heavy (non-hydrogen) atoms. The van der Waals surface area contributed by atoms with E-state index in [9.17, 15) is 9.18 Å². The summed E-state index contributed by atoms with van der Waals surface area (Å²) < 4.78 is 13.4. The largest absolute Gasteiger partial charge is 0.395 e. The highest BCUT2D eigenvalue weighted by Crippen LogP contribution is 2.23. The van der Waals surface area contributed by atoms with Crippen molar-refractivity contribution in [3.8, 4) is 0 Å². The molecule has 0 aliphatic carbocycles. The molecule has 0 atom stereocenters. The summed E-state index contributed by atoms with van der Waals surface area (Å²) in [5.41, 5.74) is 0.573. The molecule has 4 heteroatoms. The quantitative estimate of drug-likeness (QED) is 0.777. The molecule has 1 N–H and O–H groups in total. The predicted octanol–water partition coefficient (Wildman–Crippen LogP) is 1.85. The highest BCUT2D eigenvalue weighted by Gasteiger charge is 2.16. The van der Waals surface area contributed by atoms with Crippen molar-refractivity contribution < 1.29 is 14.3 Å². The van der Waals surface area contributed by atoms with Crippen LogP contribution >= 0.6 is 0 Å². The van der Waals surface area contributed by atoms with Crippen LogP contribution in [-0.2, 0) is 0 Å². The smallest absolute Gasteiger partial charge is 0.155 e. The first-order valence-electron chi connectivity index (χ1n) is 5.23. The number of aliphatic hydroxyl groups is 1. The summed E-state index contributed by atoms with van der Waals surface area (Å²) >= 11 is 0. The first-order valence-corrected chi connectivity index (χ1v) is 5.23. The van der Waals surface area contributed by atoms with Crippen molar-refractivity contribution in [2.24, 2.45) is 0 Å². The maximum atomic E-state index is 13.4. The number of hydrogen-bond acceptors (Lipinski definition) is 3. The highest BCUT2D eigenvalue weighted by atomic mass is 19.1. The molecule has 0 aliphatic heterocycles. The minimum absolute atomic E-state index is 0.0347. The van der Waals surface area contributed by atoms with Gasteiger partial charge in [0, 0.05) is 12.6 Å². The molecule has 0 amide bonds. The molecule has 0 fully saturated rings. The molecule has 3 nitrogen and oxygen atoms in total. The minimum Gasteiger partial charge on any atom is -0.395 e. The van der Waals surface area contributed by atoms with Crippen molar-refractivity contribution in [3.63, 3.8) is 0 Å². The van der Waals surface area contributed by atoms with Crippen molar-refractivity contribution in [1.29, 1.82) is 0 Å². The zero-order chi connectivity index (χ0) is 12.1. The van der Waals surface area contributed by atoms with Gasteiger partial charge in [0.15, 0.2) is 6.29 Å². The zero-order valence-corrected chi connectivity index (χ0v) is 9.48. The van der Waals surface area contributed by atoms with Crippen molar-refractivity contribution >= 4 is 12.0 Å². The summed E-state index contributed by atoms with van der Waals surface area (Å²) in [5, 5.41) is 8.96. The van der Waals surface area contributed by atoms with Gasteiger partial charge in [-0.2, -0.15) is 0 Å². The third kappa shape index (κ3) is 2.58. The molecule has 0 aliphatic rings. The Hall–Kier alpha value is -1.42. The fourth-order valence-corrected chi connectivity index (χ4v) is 1.66. The zero-order valence-electron chi connectivity index (χ0n) is 9.48. The van der Waals surface area contributed by atoms with E-state index in [1.165, 1.54) is 6.07 Å². The number of halogens is 1. The van der Waals surface area contributed by atoms with E-state index >= 15 is 0 Å². The topological polar surface area (TPSA) is 40.5 Å². The lowest BCUT2D eigenvalue weighted by atomic mass is 10.1. The summed E-state index contributed by atoms with van der Waals surface area (Å²) in [6, 6.07) is 4.59. The second kappa shape index (κ2) is 5.61. The van der Waals surface area contributed by atoms with Crippen LogP contribution in [0.2, 0.25) is 0 Å². The molecule has 0 heterocycles. The summed E-state index contributed by atoms with van der Waals surface area (Å²) in [6.07, 6.45) is 0.511. The number of anilines is 1. The van der Waals surface area contributed by atoms with Gasteiger partial charge in [-0.25, -0.2) is 4.39 Å². The number of carbonyl (C=O) groups is 1. The number of carbonyl (C=O) groups excluding carboxylic acids is 1. The monoisotopic (exact) mass is 225 g/mol. The van der Waals surface area contributed by atoms with Crippen molar-refractivity contribution in [3.05, 3.63) is 29.6 Å². The Morgan fingerprint density at radius 1 is 1.50 bits per heavy atom. The predicted molar refractivity (Wildman–Crippen MR) is 61.4 cm³/mol.